The molecule has 1 aromatic carbocycles. The molecule has 7 heteroatoms. The fraction of sp³-hybridized carbons (Fsp3) is 0.478. The number of rotatable bonds is 4. The van der Waals surface area contributed by atoms with Gasteiger partial charge in [0.25, 0.3) is 5.91 Å². The molecular formula is C23H28N4O3. The van der Waals surface area contributed by atoms with Crippen molar-refractivity contribution in [1.82, 2.24) is 9.88 Å². The maximum Gasteiger partial charge on any atom is 0.288 e. The molecule has 1 saturated carbocycles. The number of nitrogens with zero attached hydrogens (tertiary/aromatic N) is 1. The Morgan fingerprint density at radius 2 is 2.00 bits per heavy atom. The minimum absolute atomic E-state index is 0.159. The average Bonchev–Trinajstić information content (AvgIpc) is 3.03. The fourth-order valence-corrected chi connectivity index (χ4v) is 5.73. The van der Waals surface area contributed by atoms with Crippen LogP contribution >= 0.6 is 0 Å². The normalized spacial score (nSPS) is 21.4. The Balaban J connectivity index is 1.45. The van der Waals surface area contributed by atoms with Crippen LogP contribution in [0.4, 0.5) is 5.69 Å². The van der Waals surface area contributed by atoms with Gasteiger partial charge in [0, 0.05) is 71.7 Å². The van der Waals surface area contributed by atoms with Crippen LogP contribution in [-0.4, -0.2) is 53.4 Å². The largest absolute Gasteiger partial charge is 0.503 e. The molecule has 30 heavy (non-hydrogen) atoms. The molecule has 158 valence electrons. The van der Waals surface area contributed by atoms with Crippen LogP contribution in [0.2, 0.25) is 0 Å². The van der Waals surface area contributed by atoms with Crippen LogP contribution in [0.25, 0.3) is 10.9 Å². The molecule has 3 fully saturated rings. The van der Waals surface area contributed by atoms with Crippen LogP contribution in [-0.2, 0) is 9.53 Å². The maximum atomic E-state index is 11.9. The summed E-state index contributed by atoms with van der Waals surface area (Å²) in [5.41, 5.74) is 11.5. The number of hydrogen-bond acceptors (Lipinski definition) is 5. The number of aromatic amines is 1. The van der Waals surface area contributed by atoms with Crippen molar-refractivity contribution in [1.29, 1.82) is 5.41 Å². The monoisotopic (exact) mass is 408 g/mol. The van der Waals surface area contributed by atoms with Gasteiger partial charge in [-0.3, -0.25) is 4.79 Å². The molecule has 2 aromatic rings. The van der Waals surface area contributed by atoms with E-state index in [2.05, 4.69) is 11.6 Å². The second kappa shape index (κ2) is 6.87. The van der Waals surface area contributed by atoms with E-state index in [1.807, 2.05) is 12.1 Å². The predicted molar refractivity (Wildman–Crippen MR) is 116 cm³/mol. The Labute approximate surface area is 175 Å². The smallest absolute Gasteiger partial charge is 0.288 e. The number of benzene rings is 1. The number of ether oxygens (including phenoxy) is 1. The molecule has 5 N–H and O–H groups in total. The highest BCUT2D eigenvalue weighted by molar-refractivity contribution is 5.97. The SMILES string of the molecule is C=C(O)C(=O)N1CC2(CC(c3c(C4CCOCC4)[nH]c4cc(C=N)c(N)cc34)C2)C1. The van der Waals surface area contributed by atoms with Gasteiger partial charge in [-0.2, -0.15) is 0 Å². The van der Waals surface area contributed by atoms with Crippen molar-refractivity contribution >= 4 is 28.7 Å². The van der Waals surface area contributed by atoms with Gasteiger partial charge in [0.2, 0.25) is 0 Å². The van der Waals surface area contributed by atoms with Crippen molar-refractivity contribution in [3.63, 3.8) is 0 Å². The molecule has 0 atom stereocenters. The van der Waals surface area contributed by atoms with Gasteiger partial charge in [0.15, 0.2) is 5.76 Å². The number of nitrogen functional groups attached to an aromatic ring is 1. The molecule has 1 aromatic heterocycles. The molecule has 5 rings (SSSR count). The summed E-state index contributed by atoms with van der Waals surface area (Å²) in [6.07, 6.45) is 5.38. The summed E-state index contributed by atoms with van der Waals surface area (Å²) < 4.78 is 5.58. The summed E-state index contributed by atoms with van der Waals surface area (Å²) in [4.78, 5) is 17.3. The Hall–Kier alpha value is -2.80. The Morgan fingerprint density at radius 1 is 1.30 bits per heavy atom. The highest BCUT2D eigenvalue weighted by Gasteiger charge is 2.55. The van der Waals surface area contributed by atoms with Gasteiger partial charge in [-0.25, -0.2) is 0 Å². The van der Waals surface area contributed by atoms with E-state index in [0.29, 0.717) is 30.6 Å². The first-order chi connectivity index (χ1) is 14.4. The minimum atomic E-state index is -0.378. The van der Waals surface area contributed by atoms with Crippen LogP contribution in [0.15, 0.2) is 24.5 Å². The van der Waals surface area contributed by atoms with E-state index in [1.165, 1.54) is 17.5 Å². The molecule has 2 saturated heterocycles. The van der Waals surface area contributed by atoms with Gasteiger partial charge in [-0.1, -0.05) is 6.58 Å². The fourth-order valence-electron chi connectivity index (χ4n) is 5.73. The lowest BCUT2D eigenvalue weighted by molar-refractivity contribution is -0.149. The number of amides is 1. The van der Waals surface area contributed by atoms with Crippen molar-refractivity contribution in [2.45, 2.75) is 37.5 Å². The Bertz CT molecular complexity index is 1040. The topological polar surface area (TPSA) is 115 Å². The number of H-pyrrole nitrogens is 1. The maximum absolute atomic E-state index is 11.9. The summed E-state index contributed by atoms with van der Waals surface area (Å²) >= 11 is 0. The van der Waals surface area contributed by atoms with E-state index >= 15 is 0 Å². The zero-order valence-corrected chi connectivity index (χ0v) is 17.0. The second-order valence-corrected chi connectivity index (χ2v) is 9.22. The number of likely N-dealkylation sites (tertiary alicyclic amines) is 1. The van der Waals surface area contributed by atoms with Gasteiger partial charge in [-0.05, 0) is 49.3 Å². The molecule has 7 nitrogen and oxygen atoms in total. The molecule has 1 spiro atoms. The number of carbonyl (C=O) groups excluding carboxylic acids is 1. The van der Waals surface area contributed by atoms with Crippen molar-refractivity contribution in [3.05, 3.63) is 41.3 Å². The molecule has 0 radical (unpaired) electrons. The Kier molecular flexibility index (Phi) is 4.39. The highest BCUT2D eigenvalue weighted by atomic mass is 16.5. The number of nitrogens with one attached hydrogen (secondary N) is 2. The highest BCUT2D eigenvalue weighted by Crippen LogP contribution is 2.58. The number of nitrogens with two attached hydrogens (primary N) is 1. The van der Waals surface area contributed by atoms with Crippen LogP contribution in [0.1, 0.15) is 54.3 Å². The zero-order valence-electron chi connectivity index (χ0n) is 17.0. The summed E-state index contributed by atoms with van der Waals surface area (Å²) in [7, 11) is 0. The quantitative estimate of drug-likeness (QED) is 0.268. The number of hydrogen-bond donors (Lipinski definition) is 4. The van der Waals surface area contributed by atoms with Gasteiger partial charge in [0.05, 0.1) is 0 Å². The minimum Gasteiger partial charge on any atom is -0.503 e. The summed E-state index contributed by atoms with van der Waals surface area (Å²) in [6.45, 7) is 6.29. The summed E-state index contributed by atoms with van der Waals surface area (Å²) in [5, 5.41) is 18.1. The number of fused-ring (bicyclic) bond motifs is 1. The lowest BCUT2D eigenvalue weighted by Crippen LogP contribution is -2.63. The van der Waals surface area contributed by atoms with Crippen LogP contribution in [0, 0.1) is 10.8 Å². The van der Waals surface area contributed by atoms with E-state index in [1.54, 1.807) is 4.90 Å². The number of aliphatic hydroxyl groups excluding tert-OH is 1. The lowest BCUT2D eigenvalue weighted by atomic mass is 9.55. The standard InChI is InChI=1S/C23H28N4O3/c1-13(28)22(29)27-11-23(12-27)8-16(9-23)20-17-7-18(25)15(10-24)6-19(17)26-21(20)14-2-4-30-5-3-14/h6-7,10,14,16,24,26,28H,1-5,8-9,11-12,25H2. The van der Waals surface area contributed by atoms with Gasteiger partial charge in [0.1, 0.15) is 0 Å². The van der Waals surface area contributed by atoms with E-state index in [9.17, 15) is 9.90 Å². The third-order valence-corrected chi connectivity index (χ3v) is 7.21. The second-order valence-electron chi connectivity index (χ2n) is 9.22. The first kappa shape index (κ1) is 19.2. The Morgan fingerprint density at radius 3 is 2.63 bits per heavy atom. The first-order valence-electron chi connectivity index (χ1n) is 10.6. The van der Waals surface area contributed by atoms with E-state index in [-0.39, 0.29) is 17.1 Å². The van der Waals surface area contributed by atoms with Crippen LogP contribution < -0.4 is 5.73 Å². The number of anilines is 1. The molecule has 0 unspecified atom stereocenters. The third kappa shape index (κ3) is 2.91. The van der Waals surface area contributed by atoms with Crippen LogP contribution in [0.5, 0.6) is 0 Å². The number of aliphatic hydroxyl groups is 1. The van der Waals surface area contributed by atoms with Crippen LogP contribution in [0.3, 0.4) is 0 Å². The number of aromatic nitrogens is 1. The summed E-state index contributed by atoms with van der Waals surface area (Å²) in [5.74, 6) is 0.138. The van der Waals surface area contributed by atoms with Gasteiger partial charge >= 0.3 is 0 Å². The molecule has 3 heterocycles. The average molecular weight is 409 g/mol. The zero-order chi connectivity index (χ0) is 21.0. The first-order valence-corrected chi connectivity index (χ1v) is 10.6. The number of carbonyl (C=O) groups is 1. The van der Waals surface area contributed by atoms with E-state index in [0.717, 1.165) is 55.4 Å². The molecule has 3 aliphatic rings. The van der Waals surface area contributed by atoms with Crippen molar-refractivity contribution < 1.29 is 14.6 Å². The third-order valence-electron chi connectivity index (χ3n) is 7.21. The van der Waals surface area contributed by atoms with Gasteiger partial charge < -0.3 is 30.9 Å². The predicted octanol–water partition coefficient (Wildman–Crippen LogP) is 3.42. The summed E-state index contributed by atoms with van der Waals surface area (Å²) in [6, 6.07) is 4.00. The van der Waals surface area contributed by atoms with Crippen molar-refractivity contribution in [2.24, 2.45) is 5.41 Å². The molecule has 1 amide bonds. The molecule has 2 aliphatic heterocycles. The van der Waals surface area contributed by atoms with Crippen molar-refractivity contribution in [3.8, 4) is 0 Å². The van der Waals surface area contributed by atoms with Gasteiger partial charge in [-0.15, -0.1) is 0 Å². The van der Waals surface area contributed by atoms with Crippen molar-refractivity contribution in [2.75, 3.05) is 32.0 Å². The molecule has 1 aliphatic carbocycles. The van der Waals surface area contributed by atoms with E-state index in [4.69, 9.17) is 15.9 Å². The molecule has 0 bridgehead atoms. The van der Waals surface area contributed by atoms with E-state index < -0.39 is 0 Å². The molecular weight excluding hydrogens is 380 g/mol. The lowest BCUT2D eigenvalue weighted by Gasteiger charge is -2.59.